The zero-order valence-corrected chi connectivity index (χ0v) is 16.3. The van der Waals surface area contributed by atoms with Gasteiger partial charge in [0.25, 0.3) is 0 Å². The van der Waals surface area contributed by atoms with E-state index in [2.05, 4.69) is 0 Å². The normalized spacial score (nSPS) is 22.8. The zero-order valence-electron chi connectivity index (χ0n) is 16.3. The van der Waals surface area contributed by atoms with E-state index in [0.29, 0.717) is 26.1 Å². The highest BCUT2D eigenvalue weighted by Crippen LogP contribution is 2.34. The molecular weight excluding hydrogens is 387 g/mol. The summed E-state index contributed by atoms with van der Waals surface area (Å²) < 4.78 is 24.5. The van der Waals surface area contributed by atoms with Crippen LogP contribution in [-0.2, 0) is 16.1 Å². The Kier molecular flexibility index (Phi) is 5.77. The molecule has 0 N–H and O–H groups in total. The summed E-state index contributed by atoms with van der Waals surface area (Å²) in [4.78, 5) is 27.5. The summed E-state index contributed by atoms with van der Waals surface area (Å²) in [5, 5.41) is 9.26. The van der Waals surface area contributed by atoms with Gasteiger partial charge in [0.05, 0.1) is 36.9 Å². The number of amides is 1. The number of fused-ring (bicyclic) bond motifs is 2. The van der Waals surface area contributed by atoms with Crippen LogP contribution in [0.25, 0.3) is 0 Å². The van der Waals surface area contributed by atoms with Gasteiger partial charge in [-0.2, -0.15) is 5.26 Å². The molecule has 0 aliphatic carbocycles. The Balaban J connectivity index is 1.46. The summed E-state index contributed by atoms with van der Waals surface area (Å²) in [6.45, 7) is 0.838. The summed E-state index contributed by atoms with van der Waals surface area (Å²) in [7, 11) is 0. The second-order valence-corrected chi connectivity index (χ2v) is 7.63. The Bertz CT molecular complexity index is 974. The van der Waals surface area contributed by atoms with Gasteiger partial charge in [-0.1, -0.05) is 30.3 Å². The molecule has 2 aliphatic rings. The van der Waals surface area contributed by atoms with Crippen molar-refractivity contribution in [3.05, 3.63) is 71.0 Å². The fraction of sp³-hybridized carbons (Fsp3) is 0.348. The molecule has 1 amide bonds. The van der Waals surface area contributed by atoms with E-state index >= 15 is 0 Å². The van der Waals surface area contributed by atoms with Crippen LogP contribution in [0.5, 0.6) is 0 Å². The molecule has 2 aromatic rings. The van der Waals surface area contributed by atoms with Crippen LogP contribution in [-0.4, -0.2) is 42.1 Å². The van der Waals surface area contributed by atoms with Gasteiger partial charge in [-0.3, -0.25) is 9.69 Å². The minimum Gasteiger partial charge on any atom is -0.445 e. The predicted octanol–water partition coefficient (Wildman–Crippen LogP) is 3.70. The van der Waals surface area contributed by atoms with E-state index in [1.54, 1.807) is 4.90 Å². The smallest absolute Gasteiger partial charge is 0.410 e. The molecule has 0 aromatic heterocycles. The van der Waals surface area contributed by atoms with Crippen LogP contribution in [0.4, 0.5) is 9.18 Å². The third-order valence-electron chi connectivity index (χ3n) is 5.67. The minimum atomic E-state index is -0.552. The van der Waals surface area contributed by atoms with Crippen LogP contribution in [0.15, 0.2) is 48.5 Å². The van der Waals surface area contributed by atoms with Gasteiger partial charge in [0, 0.05) is 11.5 Å². The maximum Gasteiger partial charge on any atom is 0.410 e. The van der Waals surface area contributed by atoms with Gasteiger partial charge in [-0.05, 0) is 36.6 Å². The SMILES string of the molecule is N#Cc1cc(F)ccc1C(=O)C1CC2COCC(C1)N2C(=O)OCc1ccccc1. The summed E-state index contributed by atoms with van der Waals surface area (Å²) in [5.41, 5.74) is 1.16. The Hall–Kier alpha value is -3.24. The Morgan fingerprint density at radius 2 is 1.83 bits per heavy atom. The quantitative estimate of drug-likeness (QED) is 0.721. The highest BCUT2D eigenvalue weighted by atomic mass is 19.1. The molecule has 0 radical (unpaired) electrons. The molecular formula is C23H21FN2O4. The Morgan fingerprint density at radius 1 is 1.13 bits per heavy atom. The molecule has 2 fully saturated rings. The third kappa shape index (κ3) is 4.05. The first-order valence-electron chi connectivity index (χ1n) is 9.87. The second kappa shape index (κ2) is 8.64. The summed E-state index contributed by atoms with van der Waals surface area (Å²) >= 11 is 0. The molecule has 6 nitrogen and oxygen atoms in total. The molecule has 2 heterocycles. The van der Waals surface area contributed by atoms with E-state index < -0.39 is 11.9 Å². The Labute approximate surface area is 173 Å². The van der Waals surface area contributed by atoms with E-state index in [-0.39, 0.29) is 41.5 Å². The minimum absolute atomic E-state index is 0.0334. The van der Waals surface area contributed by atoms with Crippen LogP contribution < -0.4 is 0 Å². The number of halogens is 1. The fourth-order valence-electron chi connectivity index (χ4n) is 4.26. The van der Waals surface area contributed by atoms with Crippen molar-refractivity contribution >= 4 is 11.9 Å². The van der Waals surface area contributed by atoms with Gasteiger partial charge in [-0.15, -0.1) is 0 Å². The number of hydrogen-bond acceptors (Lipinski definition) is 5. The lowest BCUT2D eigenvalue weighted by Crippen LogP contribution is -2.59. The standard InChI is InChI=1S/C23H21FN2O4/c24-18-6-7-21(17(8-18)11-25)22(27)16-9-19-13-29-14-20(10-16)26(19)23(28)30-12-15-4-2-1-3-5-15/h1-8,16,19-20H,9-10,12-14H2. The summed E-state index contributed by atoms with van der Waals surface area (Å²) in [6, 6.07) is 14.4. The number of rotatable bonds is 4. The van der Waals surface area contributed by atoms with Crippen molar-refractivity contribution in [2.45, 2.75) is 31.5 Å². The first-order chi connectivity index (χ1) is 14.6. The lowest BCUT2D eigenvalue weighted by atomic mass is 9.80. The van der Waals surface area contributed by atoms with Crippen molar-refractivity contribution in [2.24, 2.45) is 5.92 Å². The molecule has 2 aromatic carbocycles. The van der Waals surface area contributed by atoms with Gasteiger partial charge in [0.1, 0.15) is 12.4 Å². The van der Waals surface area contributed by atoms with Crippen molar-refractivity contribution in [1.82, 2.24) is 4.90 Å². The molecule has 30 heavy (non-hydrogen) atoms. The number of nitrogens with zero attached hydrogens (tertiary/aromatic N) is 2. The number of piperidine rings is 1. The number of Topliss-reactive ketones (excluding diaryl/α,β-unsaturated/α-hetero) is 1. The van der Waals surface area contributed by atoms with Crippen LogP contribution >= 0.6 is 0 Å². The first-order valence-corrected chi connectivity index (χ1v) is 9.87. The molecule has 2 unspecified atom stereocenters. The fourth-order valence-corrected chi connectivity index (χ4v) is 4.26. The monoisotopic (exact) mass is 408 g/mol. The van der Waals surface area contributed by atoms with Crippen LogP contribution in [0.3, 0.4) is 0 Å². The number of carbonyl (C=O) groups is 2. The van der Waals surface area contributed by atoms with Gasteiger partial charge in [0.2, 0.25) is 0 Å². The molecule has 0 saturated carbocycles. The number of carbonyl (C=O) groups excluding carboxylic acids is 2. The maximum atomic E-state index is 13.4. The molecule has 7 heteroatoms. The third-order valence-corrected chi connectivity index (χ3v) is 5.67. The molecule has 0 spiro atoms. The molecule has 2 saturated heterocycles. The number of ketones is 1. The maximum absolute atomic E-state index is 13.4. The predicted molar refractivity (Wildman–Crippen MR) is 105 cm³/mol. The lowest BCUT2D eigenvalue weighted by molar-refractivity contribution is -0.0755. The topological polar surface area (TPSA) is 79.6 Å². The van der Waals surface area contributed by atoms with Gasteiger partial charge in [0.15, 0.2) is 5.78 Å². The van der Waals surface area contributed by atoms with E-state index in [1.807, 2.05) is 36.4 Å². The Morgan fingerprint density at radius 3 is 2.50 bits per heavy atom. The van der Waals surface area contributed by atoms with Crippen LogP contribution in [0.2, 0.25) is 0 Å². The molecule has 2 bridgehead atoms. The van der Waals surface area contributed by atoms with E-state index in [9.17, 15) is 19.2 Å². The number of hydrogen-bond donors (Lipinski definition) is 0. The summed E-state index contributed by atoms with van der Waals surface area (Å²) in [5.74, 6) is -1.11. The average Bonchev–Trinajstić information content (AvgIpc) is 2.76. The van der Waals surface area contributed by atoms with Crippen molar-refractivity contribution in [2.75, 3.05) is 13.2 Å². The molecule has 154 valence electrons. The second-order valence-electron chi connectivity index (χ2n) is 7.63. The number of benzene rings is 2. The van der Waals surface area contributed by atoms with Crippen molar-refractivity contribution < 1.29 is 23.5 Å². The molecule has 2 atom stereocenters. The largest absolute Gasteiger partial charge is 0.445 e. The van der Waals surface area contributed by atoms with Crippen molar-refractivity contribution in [3.8, 4) is 6.07 Å². The van der Waals surface area contributed by atoms with Gasteiger partial charge >= 0.3 is 6.09 Å². The zero-order chi connectivity index (χ0) is 21.1. The van der Waals surface area contributed by atoms with Crippen molar-refractivity contribution in [1.29, 1.82) is 5.26 Å². The highest BCUT2D eigenvalue weighted by Gasteiger charge is 2.44. The van der Waals surface area contributed by atoms with E-state index in [0.717, 1.165) is 11.6 Å². The van der Waals surface area contributed by atoms with E-state index in [4.69, 9.17) is 9.47 Å². The van der Waals surface area contributed by atoms with Crippen LogP contribution in [0, 0.1) is 23.1 Å². The number of nitriles is 1. The summed E-state index contributed by atoms with van der Waals surface area (Å²) in [6.07, 6.45) is 0.415. The number of morpholine rings is 1. The highest BCUT2D eigenvalue weighted by molar-refractivity contribution is 6.00. The average molecular weight is 408 g/mol. The van der Waals surface area contributed by atoms with Crippen molar-refractivity contribution in [3.63, 3.8) is 0 Å². The molecule has 2 aliphatic heterocycles. The lowest BCUT2D eigenvalue weighted by Gasteiger charge is -2.47. The van der Waals surface area contributed by atoms with Gasteiger partial charge in [-0.25, -0.2) is 9.18 Å². The molecule has 4 rings (SSSR count). The van der Waals surface area contributed by atoms with Crippen LogP contribution in [0.1, 0.15) is 34.3 Å². The van der Waals surface area contributed by atoms with E-state index in [1.165, 1.54) is 12.1 Å². The first kappa shape index (κ1) is 20.0. The number of ether oxygens (including phenoxy) is 2. The van der Waals surface area contributed by atoms with Gasteiger partial charge < -0.3 is 9.47 Å².